The van der Waals surface area contributed by atoms with E-state index in [0.717, 1.165) is 19.3 Å². The van der Waals surface area contributed by atoms with Crippen LogP contribution in [0.15, 0.2) is 0 Å². The first-order valence-electron chi connectivity index (χ1n) is 6.67. The van der Waals surface area contributed by atoms with Gasteiger partial charge in [0.1, 0.15) is 5.78 Å². The number of rotatable bonds is 4. The van der Waals surface area contributed by atoms with E-state index in [1.165, 1.54) is 19.3 Å². The summed E-state index contributed by atoms with van der Waals surface area (Å²) in [7, 11) is 0. The minimum Gasteiger partial charge on any atom is -0.327 e. The molecule has 0 bridgehead atoms. The lowest BCUT2D eigenvalue weighted by atomic mass is 9.81. The molecule has 0 aliphatic heterocycles. The molecule has 2 heteroatoms. The van der Waals surface area contributed by atoms with E-state index in [-0.39, 0.29) is 11.5 Å². The van der Waals surface area contributed by atoms with Crippen molar-refractivity contribution < 1.29 is 4.79 Å². The summed E-state index contributed by atoms with van der Waals surface area (Å²) in [6.07, 6.45) is 7.48. The third-order valence-electron chi connectivity index (χ3n) is 3.40. The van der Waals surface area contributed by atoms with Gasteiger partial charge in [0.15, 0.2) is 0 Å². The SMILES string of the molecule is CC(C)(C)CC(N)CC(=O)C1CCCCC1. The fourth-order valence-electron chi connectivity index (χ4n) is 2.71. The predicted octanol–water partition coefficient (Wildman–Crippen LogP) is 3.29. The Hall–Kier alpha value is -0.370. The van der Waals surface area contributed by atoms with Gasteiger partial charge in [0.05, 0.1) is 0 Å². The van der Waals surface area contributed by atoms with E-state index in [1.807, 2.05) is 0 Å². The minimum atomic E-state index is 0.0504. The molecule has 0 amide bonds. The summed E-state index contributed by atoms with van der Waals surface area (Å²) in [4.78, 5) is 12.0. The van der Waals surface area contributed by atoms with Gasteiger partial charge in [-0.05, 0) is 24.7 Å². The monoisotopic (exact) mass is 225 g/mol. The van der Waals surface area contributed by atoms with Crippen molar-refractivity contribution >= 4 is 5.78 Å². The normalized spacial score (nSPS) is 20.8. The largest absolute Gasteiger partial charge is 0.327 e. The molecule has 0 aromatic heterocycles. The number of hydrogen-bond donors (Lipinski definition) is 1. The first-order valence-corrected chi connectivity index (χ1v) is 6.67. The van der Waals surface area contributed by atoms with Gasteiger partial charge < -0.3 is 5.73 Å². The van der Waals surface area contributed by atoms with Crippen molar-refractivity contribution in [3.63, 3.8) is 0 Å². The second-order valence-electron chi connectivity index (χ2n) is 6.53. The molecular weight excluding hydrogens is 198 g/mol. The number of ketones is 1. The van der Waals surface area contributed by atoms with Crippen LogP contribution in [-0.2, 0) is 4.79 Å². The molecule has 1 rings (SSSR count). The van der Waals surface area contributed by atoms with Gasteiger partial charge in [-0.15, -0.1) is 0 Å². The molecular formula is C14H27NO. The number of Topliss-reactive ketones (excluding diaryl/α,β-unsaturated/α-hetero) is 1. The van der Waals surface area contributed by atoms with Crippen LogP contribution < -0.4 is 5.73 Å². The summed E-state index contributed by atoms with van der Waals surface area (Å²) in [6, 6.07) is 0.0504. The maximum absolute atomic E-state index is 12.0. The molecule has 0 aromatic rings. The molecule has 16 heavy (non-hydrogen) atoms. The molecule has 0 saturated heterocycles. The standard InChI is InChI=1S/C14H27NO/c1-14(2,3)10-12(15)9-13(16)11-7-5-4-6-8-11/h11-12H,4-10,15H2,1-3H3. The summed E-state index contributed by atoms with van der Waals surface area (Å²) >= 11 is 0. The van der Waals surface area contributed by atoms with E-state index in [9.17, 15) is 4.79 Å². The van der Waals surface area contributed by atoms with Crippen LogP contribution in [0, 0.1) is 11.3 Å². The maximum Gasteiger partial charge on any atom is 0.137 e. The van der Waals surface area contributed by atoms with E-state index in [0.29, 0.717) is 18.1 Å². The van der Waals surface area contributed by atoms with Gasteiger partial charge in [0, 0.05) is 18.4 Å². The quantitative estimate of drug-likeness (QED) is 0.797. The third kappa shape index (κ3) is 5.11. The van der Waals surface area contributed by atoms with Gasteiger partial charge in [0.2, 0.25) is 0 Å². The molecule has 1 aliphatic carbocycles. The lowest BCUT2D eigenvalue weighted by molar-refractivity contribution is -0.124. The highest BCUT2D eigenvalue weighted by molar-refractivity contribution is 5.81. The summed E-state index contributed by atoms with van der Waals surface area (Å²) in [5, 5.41) is 0. The van der Waals surface area contributed by atoms with Crippen molar-refractivity contribution in [2.24, 2.45) is 17.1 Å². The van der Waals surface area contributed by atoms with E-state index in [4.69, 9.17) is 5.73 Å². The molecule has 1 unspecified atom stereocenters. The molecule has 1 aliphatic rings. The molecule has 94 valence electrons. The lowest BCUT2D eigenvalue weighted by Gasteiger charge is -2.25. The van der Waals surface area contributed by atoms with E-state index >= 15 is 0 Å². The van der Waals surface area contributed by atoms with Crippen molar-refractivity contribution in [3.8, 4) is 0 Å². The van der Waals surface area contributed by atoms with Gasteiger partial charge in [0.25, 0.3) is 0 Å². The maximum atomic E-state index is 12.0. The fourth-order valence-corrected chi connectivity index (χ4v) is 2.71. The molecule has 0 spiro atoms. The fraction of sp³-hybridized carbons (Fsp3) is 0.929. The molecule has 1 fully saturated rings. The number of carbonyl (C=O) groups excluding carboxylic acids is 1. The minimum absolute atomic E-state index is 0.0504. The van der Waals surface area contributed by atoms with Crippen molar-refractivity contribution in [2.45, 2.75) is 71.8 Å². The van der Waals surface area contributed by atoms with Crippen LogP contribution >= 0.6 is 0 Å². The molecule has 0 heterocycles. The smallest absolute Gasteiger partial charge is 0.137 e. The van der Waals surface area contributed by atoms with Crippen LogP contribution in [0.25, 0.3) is 0 Å². The second-order valence-corrected chi connectivity index (χ2v) is 6.53. The topological polar surface area (TPSA) is 43.1 Å². The first-order chi connectivity index (χ1) is 7.38. The summed E-state index contributed by atoms with van der Waals surface area (Å²) < 4.78 is 0. The average molecular weight is 225 g/mol. The third-order valence-corrected chi connectivity index (χ3v) is 3.40. The molecule has 0 aromatic carbocycles. The molecule has 1 atom stereocenters. The molecule has 1 saturated carbocycles. The zero-order valence-electron chi connectivity index (χ0n) is 11.1. The number of hydrogen-bond acceptors (Lipinski definition) is 2. The molecule has 0 radical (unpaired) electrons. The van der Waals surface area contributed by atoms with Crippen molar-refractivity contribution in [1.82, 2.24) is 0 Å². The number of nitrogens with two attached hydrogens (primary N) is 1. The van der Waals surface area contributed by atoms with Crippen LogP contribution in [0.3, 0.4) is 0 Å². The Morgan fingerprint density at radius 3 is 2.31 bits per heavy atom. The zero-order chi connectivity index (χ0) is 12.2. The van der Waals surface area contributed by atoms with Gasteiger partial charge in [-0.3, -0.25) is 4.79 Å². The molecule has 2 nitrogen and oxygen atoms in total. The Bertz CT molecular complexity index is 223. The summed E-state index contributed by atoms with van der Waals surface area (Å²) in [6.45, 7) is 6.54. The predicted molar refractivity (Wildman–Crippen MR) is 68.2 cm³/mol. The van der Waals surface area contributed by atoms with Crippen LogP contribution in [-0.4, -0.2) is 11.8 Å². The lowest BCUT2D eigenvalue weighted by Crippen LogP contribution is -2.31. The van der Waals surface area contributed by atoms with Crippen molar-refractivity contribution in [3.05, 3.63) is 0 Å². The zero-order valence-corrected chi connectivity index (χ0v) is 11.1. The second kappa shape index (κ2) is 5.81. The van der Waals surface area contributed by atoms with Crippen LogP contribution in [0.1, 0.15) is 65.7 Å². The molecule has 2 N–H and O–H groups in total. The van der Waals surface area contributed by atoms with E-state index in [2.05, 4.69) is 20.8 Å². The van der Waals surface area contributed by atoms with Crippen LogP contribution in [0.4, 0.5) is 0 Å². The van der Waals surface area contributed by atoms with Gasteiger partial charge in [-0.25, -0.2) is 0 Å². The Morgan fingerprint density at radius 1 is 1.25 bits per heavy atom. The van der Waals surface area contributed by atoms with Gasteiger partial charge in [-0.1, -0.05) is 40.0 Å². The van der Waals surface area contributed by atoms with Crippen molar-refractivity contribution in [2.75, 3.05) is 0 Å². The van der Waals surface area contributed by atoms with Gasteiger partial charge in [-0.2, -0.15) is 0 Å². The Morgan fingerprint density at radius 2 is 1.81 bits per heavy atom. The van der Waals surface area contributed by atoms with Crippen LogP contribution in [0.5, 0.6) is 0 Å². The van der Waals surface area contributed by atoms with Gasteiger partial charge >= 0.3 is 0 Å². The Labute approximate surface area is 100.0 Å². The Balaban J connectivity index is 2.32. The highest BCUT2D eigenvalue weighted by atomic mass is 16.1. The van der Waals surface area contributed by atoms with Crippen molar-refractivity contribution in [1.29, 1.82) is 0 Å². The van der Waals surface area contributed by atoms with E-state index < -0.39 is 0 Å². The summed E-state index contributed by atoms with van der Waals surface area (Å²) in [5.41, 5.74) is 6.28. The van der Waals surface area contributed by atoms with E-state index in [1.54, 1.807) is 0 Å². The Kier molecular flexibility index (Phi) is 4.97. The van der Waals surface area contributed by atoms with Crippen LogP contribution in [0.2, 0.25) is 0 Å². The average Bonchev–Trinajstić information content (AvgIpc) is 2.16. The first kappa shape index (κ1) is 13.7. The summed E-state index contributed by atoms with van der Waals surface area (Å²) in [5.74, 6) is 0.733. The highest BCUT2D eigenvalue weighted by Gasteiger charge is 2.24. The number of carbonyl (C=O) groups is 1. The highest BCUT2D eigenvalue weighted by Crippen LogP contribution is 2.27.